The number of hydrogen-bond acceptors (Lipinski definition) is 6. The number of carbonyl (C=O) groups is 2. The van der Waals surface area contributed by atoms with E-state index in [9.17, 15) is 9.59 Å². The van der Waals surface area contributed by atoms with Crippen molar-refractivity contribution >= 4 is 11.7 Å². The van der Waals surface area contributed by atoms with Crippen LogP contribution in [0.1, 0.15) is 58.4 Å². The fourth-order valence-electron chi connectivity index (χ4n) is 5.93. The number of aromatic amines is 1. The van der Waals surface area contributed by atoms with E-state index in [0.717, 1.165) is 54.4 Å². The molecule has 3 aromatic rings. The first kappa shape index (κ1) is 24.3. The van der Waals surface area contributed by atoms with Crippen molar-refractivity contribution in [1.82, 2.24) is 30.6 Å². The number of nitrogens with one attached hydrogen (secondary N) is 1. The molecular formula is C28H34N6O2. The van der Waals surface area contributed by atoms with Gasteiger partial charge in [0.25, 0.3) is 0 Å². The molecule has 2 aliphatic rings. The van der Waals surface area contributed by atoms with Gasteiger partial charge < -0.3 is 0 Å². The number of fused-ring (bicyclic) bond motifs is 1. The Hall–Kier alpha value is -3.39. The van der Waals surface area contributed by atoms with Crippen LogP contribution in [0.4, 0.5) is 0 Å². The van der Waals surface area contributed by atoms with Crippen LogP contribution in [0.25, 0.3) is 22.5 Å². The molecule has 0 aliphatic carbocycles. The van der Waals surface area contributed by atoms with Gasteiger partial charge in [0.05, 0.1) is 5.92 Å². The minimum Gasteiger partial charge on any atom is -0.298 e. The number of amides is 1. The molecule has 2 fully saturated rings. The molecule has 1 N–H and O–H groups in total. The number of carbonyl (C=O) groups excluding carboxylic acids is 2. The topological polar surface area (TPSA) is 95.1 Å². The molecular weight excluding hydrogens is 452 g/mol. The second-order valence-corrected chi connectivity index (χ2v) is 10.1. The first-order valence-corrected chi connectivity index (χ1v) is 13.0. The molecule has 188 valence electrons. The number of tetrazole rings is 1. The van der Waals surface area contributed by atoms with Crippen molar-refractivity contribution < 1.29 is 9.59 Å². The summed E-state index contributed by atoms with van der Waals surface area (Å²) in [5, 5.41) is 18.4. The Bertz CT molecular complexity index is 1210. The van der Waals surface area contributed by atoms with Gasteiger partial charge >= 0.3 is 0 Å². The highest BCUT2D eigenvalue weighted by atomic mass is 16.2. The van der Waals surface area contributed by atoms with E-state index in [2.05, 4.69) is 69.8 Å². The molecule has 1 amide bonds. The molecule has 8 heteroatoms. The van der Waals surface area contributed by atoms with Crippen molar-refractivity contribution in [3.05, 3.63) is 54.1 Å². The summed E-state index contributed by atoms with van der Waals surface area (Å²) < 4.78 is 0. The summed E-state index contributed by atoms with van der Waals surface area (Å²) in [6, 6.07) is 16.5. The minimum absolute atomic E-state index is 0.0834. The molecule has 36 heavy (non-hydrogen) atoms. The predicted octanol–water partition coefficient (Wildman–Crippen LogP) is 4.45. The van der Waals surface area contributed by atoms with Crippen LogP contribution in [-0.2, 0) is 16.0 Å². The third-order valence-corrected chi connectivity index (χ3v) is 7.77. The predicted molar refractivity (Wildman–Crippen MR) is 137 cm³/mol. The van der Waals surface area contributed by atoms with Crippen LogP contribution < -0.4 is 0 Å². The van der Waals surface area contributed by atoms with Crippen LogP contribution in [-0.4, -0.2) is 60.5 Å². The smallest absolute Gasteiger partial charge is 0.242 e. The third kappa shape index (κ3) is 4.46. The van der Waals surface area contributed by atoms with Crippen LogP contribution in [0.15, 0.2) is 48.5 Å². The SMILES string of the molecule is CCCCC1C(Cc2ccc(-c3ccccc3-c3nnn[nH]3)cc2)C(=O)N2C(C(C)=O)CCC(C)N12. The molecule has 1 aromatic heterocycles. The van der Waals surface area contributed by atoms with Crippen molar-refractivity contribution in [2.75, 3.05) is 0 Å². The lowest BCUT2D eigenvalue weighted by Crippen LogP contribution is -2.58. The second-order valence-electron chi connectivity index (χ2n) is 10.1. The number of unbranched alkanes of at least 4 members (excludes halogenated alkanes) is 1. The number of benzene rings is 2. The van der Waals surface area contributed by atoms with Gasteiger partial charge in [-0.05, 0) is 66.6 Å². The number of nitrogens with zero attached hydrogens (tertiary/aromatic N) is 5. The van der Waals surface area contributed by atoms with E-state index in [1.807, 2.05) is 23.2 Å². The highest BCUT2D eigenvalue weighted by molar-refractivity contribution is 5.90. The normalized spacial score (nSPS) is 24.2. The zero-order chi connectivity index (χ0) is 25.2. The first-order chi connectivity index (χ1) is 17.5. The molecule has 0 radical (unpaired) electrons. The van der Waals surface area contributed by atoms with Gasteiger partial charge in [-0.2, -0.15) is 0 Å². The van der Waals surface area contributed by atoms with Crippen molar-refractivity contribution in [2.45, 2.75) is 77.4 Å². The van der Waals surface area contributed by atoms with Crippen LogP contribution in [0, 0.1) is 5.92 Å². The van der Waals surface area contributed by atoms with Gasteiger partial charge in [0, 0.05) is 17.6 Å². The molecule has 0 saturated carbocycles. The van der Waals surface area contributed by atoms with E-state index >= 15 is 0 Å². The Kier molecular flexibility index (Phi) is 6.96. The van der Waals surface area contributed by atoms with E-state index in [4.69, 9.17) is 0 Å². The molecule has 2 saturated heterocycles. The summed E-state index contributed by atoms with van der Waals surface area (Å²) in [6.07, 6.45) is 5.49. The zero-order valence-corrected chi connectivity index (χ0v) is 21.2. The van der Waals surface area contributed by atoms with Crippen molar-refractivity contribution in [1.29, 1.82) is 0 Å². The van der Waals surface area contributed by atoms with Crippen molar-refractivity contribution in [2.24, 2.45) is 5.92 Å². The van der Waals surface area contributed by atoms with Gasteiger partial charge in [-0.25, -0.2) is 10.1 Å². The maximum absolute atomic E-state index is 13.8. The number of H-pyrrole nitrogens is 1. The fraction of sp³-hybridized carbons (Fsp3) is 0.464. The van der Waals surface area contributed by atoms with E-state index < -0.39 is 0 Å². The van der Waals surface area contributed by atoms with E-state index in [0.29, 0.717) is 12.2 Å². The van der Waals surface area contributed by atoms with Crippen molar-refractivity contribution in [3.8, 4) is 22.5 Å². The van der Waals surface area contributed by atoms with Gasteiger partial charge in [0.2, 0.25) is 5.91 Å². The average molecular weight is 487 g/mol. The monoisotopic (exact) mass is 486 g/mol. The maximum atomic E-state index is 13.8. The number of aromatic nitrogens is 4. The molecule has 2 aromatic carbocycles. The van der Waals surface area contributed by atoms with E-state index in [-0.39, 0.29) is 35.7 Å². The summed E-state index contributed by atoms with van der Waals surface area (Å²) >= 11 is 0. The molecule has 0 spiro atoms. The lowest BCUT2D eigenvalue weighted by atomic mass is 9.88. The Morgan fingerprint density at radius 3 is 2.50 bits per heavy atom. The van der Waals surface area contributed by atoms with Gasteiger partial charge in [-0.1, -0.05) is 68.3 Å². The molecule has 4 unspecified atom stereocenters. The number of hydrogen-bond donors (Lipinski definition) is 1. The molecule has 0 bridgehead atoms. The standard InChI is InChI=1S/C28H34N6O2/c1-4-5-10-26-24(28(36)34-25(19(3)35)16-11-18(2)33(26)34)17-20-12-14-21(15-13-20)22-8-6-7-9-23(22)27-29-31-32-30-27/h6-9,12-15,18,24-26H,4-5,10-11,16-17H2,1-3H3,(H,29,30,31,32). The fourth-order valence-corrected chi connectivity index (χ4v) is 5.93. The van der Waals surface area contributed by atoms with Crippen LogP contribution in [0.3, 0.4) is 0 Å². The van der Waals surface area contributed by atoms with Gasteiger partial charge in [0.1, 0.15) is 6.04 Å². The minimum atomic E-state index is -0.327. The van der Waals surface area contributed by atoms with Crippen molar-refractivity contribution in [3.63, 3.8) is 0 Å². The number of ketones is 1. The number of Topliss-reactive ketones (excluding diaryl/α,β-unsaturated/α-hetero) is 1. The zero-order valence-electron chi connectivity index (χ0n) is 21.2. The molecule has 3 heterocycles. The van der Waals surface area contributed by atoms with Crippen LogP contribution in [0.5, 0.6) is 0 Å². The number of rotatable bonds is 8. The molecule has 5 rings (SSSR count). The average Bonchev–Trinajstić information content (AvgIpc) is 3.52. The Balaban J connectivity index is 1.41. The second kappa shape index (κ2) is 10.3. The summed E-state index contributed by atoms with van der Waals surface area (Å²) in [5.74, 6) is 0.678. The third-order valence-electron chi connectivity index (χ3n) is 7.77. The molecule has 2 aliphatic heterocycles. The Morgan fingerprint density at radius 2 is 1.83 bits per heavy atom. The Morgan fingerprint density at radius 1 is 1.08 bits per heavy atom. The lowest BCUT2D eigenvalue weighted by molar-refractivity contribution is -0.163. The first-order valence-electron chi connectivity index (χ1n) is 13.0. The number of hydrazine groups is 1. The molecule has 4 atom stereocenters. The van der Waals surface area contributed by atoms with E-state index in [1.54, 1.807) is 6.92 Å². The highest BCUT2D eigenvalue weighted by Gasteiger charge is 2.52. The lowest BCUT2D eigenvalue weighted by Gasteiger charge is -2.45. The largest absolute Gasteiger partial charge is 0.298 e. The van der Waals surface area contributed by atoms with E-state index in [1.165, 1.54) is 0 Å². The quantitative estimate of drug-likeness (QED) is 0.505. The van der Waals surface area contributed by atoms with Crippen LogP contribution in [0.2, 0.25) is 0 Å². The molecule has 8 nitrogen and oxygen atoms in total. The van der Waals surface area contributed by atoms with Gasteiger partial charge in [0.15, 0.2) is 11.6 Å². The summed E-state index contributed by atoms with van der Waals surface area (Å²) in [5.41, 5.74) is 4.18. The van der Waals surface area contributed by atoms with Gasteiger partial charge in [-0.3, -0.25) is 14.6 Å². The maximum Gasteiger partial charge on any atom is 0.242 e. The van der Waals surface area contributed by atoms with Crippen LogP contribution >= 0.6 is 0 Å². The van der Waals surface area contributed by atoms with Gasteiger partial charge in [-0.15, -0.1) is 5.10 Å². The highest BCUT2D eigenvalue weighted by Crippen LogP contribution is 2.40. The summed E-state index contributed by atoms with van der Waals surface area (Å²) in [7, 11) is 0. The summed E-state index contributed by atoms with van der Waals surface area (Å²) in [6.45, 7) is 5.99. The Labute approximate surface area is 212 Å². The summed E-state index contributed by atoms with van der Waals surface area (Å²) in [4.78, 5) is 26.2.